The fourth-order valence-electron chi connectivity index (χ4n) is 2.44. The minimum Gasteiger partial charge on any atom is -0.480 e. The molecule has 0 radical (unpaired) electrons. The maximum Gasteiger partial charge on any atom is 0.329 e. The van der Waals surface area contributed by atoms with Crippen LogP contribution in [-0.2, 0) is 4.79 Å². The van der Waals surface area contributed by atoms with Gasteiger partial charge in [0.15, 0.2) is 0 Å². The summed E-state index contributed by atoms with van der Waals surface area (Å²) in [6, 6.07) is 3.06. The van der Waals surface area contributed by atoms with Gasteiger partial charge in [-0.1, -0.05) is 11.6 Å². The number of urea groups is 1. The van der Waals surface area contributed by atoms with Crippen molar-refractivity contribution in [2.75, 3.05) is 11.9 Å². The molecule has 5 nitrogen and oxygen atoms in total. The van der Waals surface area contributed by atoms with Crippen molar-refractivity contribution in [3.8, 4) is 0 Å². The zero-order valence-corrected chi connectivity index (χ0v) is 12.3. The Hall–Kier alpha value is -1.82. The highest BCUT2D eigenvalue weighted by molar-refractivity contribution is 6.33. The molecule has 2 rings (SSSR count). The van der Waals surface area contributed by atoms with Gasteiger partial charge in [0, 0.05) is 6.54 Å². The smallest absolute Gasteiger partial charge is 0.329 e. The molecule has 1 saturated heterocycles. The number of carboxylic acid groups (broad SMARTS) is 1. The lowest BCUT2D eigenvalue weighted by molar-refractivity contribution is -0.150. The molecule has 1 unspecified atom stereocenters. The molecule has 114 valence electrons. The summed E-state index contributed by atoms with van der Waals surface area (Å²) in [5.41, 5.74) is -0.990. The molecule has 2 amide bonds. The number of halogens is 2. The summed E-state index contributed by atoms with van der Waals surface area (Å²) in [6.45, 7) is 1.88. The number of carboxylic acids is 1. The van der Waals surface area contributed by atoms with Crippen molar-refractivity contribution in [1.29, 1.82) is 0 Å². The molecular formula is C14H16ClFN2O3. The van der Waals surface area contributed by atoms with Gasteiger partial charge in [-0.25, -0.2) is 14.0 Å². The number of hydrogen-bond donors (Lipinski definition) is 2. The summed E-state index contributed by atoms with van der Waals surface area (Å²) in [4.78, 5) is 25.1. The SMILES string of the molecule is CC1(C(=O)O)CCCCN1C(=O)Nc1ccc(F)cc1Cl. The van der Waals surface area contributed by atoms with Gasteiger partial charge in [-0.3, -0.25) is 0 Å². The number of amides is 2. The third-order valence-electron chi connectivity index (χ3n) is 3.77. The molecule has 1 aliphatic heterocycles. The highest BCUT2D eigenvalue weighted by atomic mass is 35.5. The van der Waals surface area contributed by atoms with Gasteiger partial charge in [0.2, 0.25) is 0 Å². The number of carbonyl (C=O) groups excluding carboxylic acids is 1. The largest absolute Gasteiger partial charge is 0.480 e. The summed E-state index contributed by atoms with van der Waals surface area (Å²) in [7, 11) is 0. The first-order valence-corrected chi connectivity index (χ1v) is 6.99. The van der Waals surface area contributed by atoms with Gasteiger partial charge in [-0.2, -0.15) is 0 Å². The number of hydrogen-bond acceptors (Lipinski definition) is 2. The Bertz CT molecular complexity index is 581. The van der Waals surface area contributed by atoms with Crippen LogP contribution in [0.1, 0.15) is 26.2 Å². The number of aliphatic carboxylic acids is 1. The van der Waals surface area contributed by atoms with E-state index in [0.717, 1.165) is 18.9 Å². The fraction of sp³-hybridized carbons (Fsp3) is 0.429. The predicted octanol–water partition coefficient (Wildman–Crippen LogP) is 3.34. The summed E-state index contributed by atoms with van der Waals surface area (Å²) >= 11 is 5.86. The van der Waals surface area contributed by atoms with Crippen LogP contribution in [0.5, 0.6) is 0 Å². The number of nitrogens with zero attached hydrogens (tertiary/aromatic N) is 1. The molecule has 1 aliphatic rings. The van der Waals surface area contributed by atoms with E-state index in [-0.39, 0.29) is 10.7 Å². The lowest BCUT2D eigenvalue weighted by Crippen LogP contribution is -2.58. The standard InChI is InChI=1S/C14H16ClFN2O3/c1-14(12(19)20)6-2-3-7-18(14)13(21)17-11-5-4-9(16)8-10(11)15/h4-5,8H,2-3,6-7H2,1H3,(H,17,21)(H,19,20). The van der Waals surface area contributed by atoms with E-state index in [2.05, 4.69) is 5.32 Å². The zero-order chi connectivity index (χ0) is 15.6. The first-order chi connectivity index (χ1) is 9.84. The average Bonchev–Trinajstić information content (AvgIpc) is 2.42. The van der Waals surface area contributed by atoms with Gasteiger partial charge >= 0.3 is 12.0 Å². The molecule has 21 heavy (non-hydrogen) atoms. The van der Waals surface area contributed by atoms with Crippen molar-refractivity contribution in [3.05, 3.63) is 29.0 Å². The van der Waals surface area contributed by atoms with Crippen LogP contribution < -0.4 is 5.32 Å². The van der Waals surface area contributed by atoms with Crippen LogP contribution in [0.15, 0.2) is 18.2 Å². The van der Waals surface area contributed by atoms with Gasteiger partial charge < -0.3 is 15.3 Å². The van der Waals surface area contributed by atoms with Crippen molar-refractivity contribution in [3.63, 3.8) is 0 Å². The summed E-state index contributed by atoms with van der Waals surface area (Å²) in [5.74, 6) is -1.55. The van der Waals surface area contributed by atoms with E-state index < -0.39 is 23.4 Å². The Balaban J connectivity index is 2.20. The van der Waals surface area contributed by atoms with Crippen molar-refractivity contribution in [1.82, 2.24) is 4.90 Å². The van der Waals surface area contributed by atoms with Crippen LogP contribution in [-0.4, -0.2) is 34.1 Å². The average molecular weight is 315 g/mol. The Labute approximate surface area is 126 Å². The monoisotopic (exact) mass is 314 g/mol. The van der Waals surface area contributed by atoms with Crippen molar-refractivity contribution in [2.45, 2.75) is 31.7 Å². The van der Waals surface area contributed by atoms with Crippen LogP contribution in [0.25, 0.3) is 0 Å². The third kappa shape index (κ3) is 3.10. The summed E-state index contributed by atoms with van der Waals surface area (Å²) in [6.07, 6.45) is 1.89. The van der Waals surface area contributed by atoms with Crippen LogP contribution in [0.3, 0.4) is 0 Å². The zero-order valence-electron chi connectivity index (χ0n) is 11.5. The molecule has 1 aromatic carbocycles. The highest BCUT2D eigenvalue weighted by Crippen LogP contribution is 2.30. The second-order valence-corrected chi connectivity index (χ2v) is 5.65. The molecule has 2 N–H and O–H groups in total. The molecule has 0 aromatic heterocycles. The second kappa shape index (κ2) is 5.89. The molecule has 1 fully saturated rings. The minimum absolute atomic E-state index is 0.0670. The number of likely N-dealkylation sites (tertiary alicyclic amines) is 1. The van der Waals surface area contributed by atoms with Crippen LogP contribution >= 0.6 is 11.6 Å². The maximum absolute atomic E-state index is 13.0. The van der Waals surface area contributed by atoms with Gasteiger partial charge in [-0.15, -0.1) is 0 Å². The van der Waals surface area contributed by atoms with E-state index in [9.17, 15) is 19.1 Å². The molecule has 1 aromatic rings. The van der Waals surface area contributed by atoms with E-state index in [1.165, 1.54) is 24.0 Å². The lowest BCUT2D eigenvalue weighted by Gasteiger charge is -2.41. The molecular weight excluding hydrogens is 299 g/mol. The van der Waals surface area contributed by atoms with Gasteiger partial charge in [0.05, 0.1) is 10.7 Å². The first-order valence-electron chi connectivity index (χ1n) is 6.61. The van der Waals surface area contributed by atoms with E-state index in [1.807, 2.05) is 0 Å². The summed E-state index contributed by atoms with van der Waals surface area (Å²) in [5, 5.41) is 12.0. The number of carbonyl (C=O) groups is 2. The molecule has 7 heteroatoms. The van der Waals surface area contributed by atoms with Crippen LogP contribution in [0.2, 0.25) is 5.02 Å². The van der Waals surface area contributed by atoms with Crippen molar-refractivity contribution in [2.24, 2.45) is 0 Å². The Morgan fingerprint density at radius 1 is 1.43 bits per heavy atom. The van der Waals surface area contributed by atoms with Crippen LogP contribution in [0.4, 0.5) is 14.9 Å². The highest BCUT2D eigenvalue weighted by Gasteiger charge is 2.44. The second-order valence-electron chi connectivity index (χ2n) is 5.24. The topological polar surface area (TPSA) is 69.6 Å². The van der Waals surface area contributed by atoms with Gasteiger partial charge in [0.1, 0.15) is 11.4 Å². The molecule has 0 bridgehead atoms. The van der Waals surface area contributed by atoms with E-state index in [4.69, 9.17) is 11.6 Å². The van der Waals surface area contributed by atoms with Gasteiger partial charge in [-0.05, 0) is 44.4 Å². The quantitative estimate of drug-likeness (QED) is 0.879. The number of piperidine rings is 1. The molecule has 0 spiro atoms. The predicted molar refractivity (Wildman–Crippen MR) is 77.0 cm³/mol. The Morgan fingerprint density at radius 3 is 2.76 bits per heavy atom. The molecule has 0 saturated carbocycles. The van der Waals surface area contributed by atoms with Gasteiger partial charge in [0.25, 0.3) is 0 Å². The third-order valence-corrected chi connectivity index (χ3v) is 4.08. The molecule has 1 heterocycles. The Morgan fingerprint density at radius 2 is 2.14 bits per heavy atom. The fourth-order valence-corrected chi connectivity index (χ4v) is 2.66. The lowest BCUT2D eigenvalue weighted by atomic mass is 9.89. The molecule has 1 atom stereocenters. The van der Waals surface area contributed by atoms with E-state index >= 15 is 0 Å². The maximum atomic E-state index is 13.0. The number of benzene rings is 1. The minimum atomic E-state index is -1.24. The summed E-state index contributed by atoms with van der Waals surface area (Å²) < 4.78 is 13.0. The van der Waals surface area contributed by atoms with Crippen LogP contribution in [0, 0.1) is 5.82 Å². The normalized spacial score (nSPS) is 22.0. The van der Waals surface area contributed by atoms with Crippen molar-refractivity contribution < 1.29 is 19.1 Å². The Kier molecular flexibility index (Phi) is 4.37. The van der Waals surface area contributed by atoms with Crippen molar-refractivity contribution >= 4 is 29.3 Å². The van der Waals surface area contributed by atoms with E-state index in [0.29, 0.717) is 13.0 Å². The van der Waals surface area contributed by atoms with E-state index in [1.54, 1.807) is 0 Å². The number of nitrogens with one attached hydrogen (secondary N) is 1. The number of rotatable bonds is 2. The number of anilines is 1. The molecule has 0 aliphatic carbocycles. The first kappa shape index (κ1) is 15.6.